The van der Waals surface area contributed by atoms with Crippen molar-refractivity contribution >= 4 is 23.2 Å². The summed E-state index contributed by atoms with van der Waals surface area (Å²) in [7, 11) is 0. The number of aromatic nitrogens is 2. The molecule has 0 atom stereocenters. The molecule has 0 aliphatic carbocycles. The highest BCUT2D eigenvalue weighted by Crippen LogP contribution is 2.35. The zero-order valence-electron chi connectivity index (χ0n) is 15.2. The van der Waals surface area contributed by atoms with E-state index in [4.69, 9.17) is 25.6 Å². The largest absolute Gasteiger partial charge is 0.484 e. The summed E-state index contributed by atoms with van der Waals surface area (Å²) in [6.45, 7) is 2.85. The van der Waals surface area contributed by atoms with Crippen LogP contribution < -0.4 is 14.4 Å². The molecule has 2 aromatic carbocycles. The summed E-state index contributed by atoms with van der Waals surface area (Å²) in [4.78, 5) is 18.3. The molecule has 7 nitrogen and oxygen atoms in total. The van der Waals surface area contributed by atoms with E-state index in [1.807, 2.05) is 25.1 Å². The number of carbonyl (C=O) groups is 1. The first-order valence-corrected chi connectivity index (χ1v) is 9.30. The number of hydrogen-bond acceptors (Lipinski definition) is 6. The van der Waals surface area contributed by atoms with E-state index >= 15 is 0 Å². The molecule has 0 radical (unpaired) electrons. The first-order chi connectivity index (χ1) is 13.6. The van der Waals surface area contributed by atoms with Gasteiger partial charge < -0.3 is 18.9 Å². The molecule has 4 rings (SSSR count). The monoisotopic (exact) mass is 399 g/mol. The van der Waals surface area contributed by atoms with Gasteiger partial charge in [-0.15, -0.1) is 0 Å². The Balaban J connectivity index is 1.52. The van der Waals surface area contributed by atoms with Crippen molar-refractivity contribution in [1.82, 2.24) is 10.1 Å². The Kier molecular flexibility index (Phi) is 5.16. The molecule has 1 aromatic heterocycles. The summed E-state index contributed by atoms with van der Waals surface area (Å²) in [5, 5.41) is 4.66. The minimum atomic E-state index is -0.0586. The van der Waals surface area contributed by atoms with Crippen molar-refractivity contribution in [3.05, 3.63) is 53.4 Å². The van der Waals surface area contributed by atoms with E-state index in [1.54, 1.807) is 29.2 Å². The smallest absolute Gasteiger partial charge is 0.265 e. The third-order valence-electron chi connectivity index (χ3n) is 4.25. The van der Waals surface area contributed by atoms with Gasteiger partial charge in [-0.25, -0.2) is 0 Å². The second-order valence-electron chi connectivity index (χ2n) is 6.27. The third kappa shape index (κ3) is 3.80. The Morgan fingerprint density at radius 3 is 2.82 bits per heavy atom. The van der Waals surface area contributed by atoms with Gasteiger partial charge in [0.1, 0.15) is 11.5 Å². The van der Waals surface area contributed by atoms with Crippen molar-refractivity contribution in [2.24, 2.45) is 0 Å². The molecule has 1 aliphatic heterocycles. The molecule has 0 unspecified atom stereocenters. The first-order valence-electron chi connectivity index (χ1n) is 8.92. The predicted molar refractivity (Wildman–Crippen MR) is 104 cm³/mol. The summed E-state index contributed by atoms with van der Waals surface area (Å²) in [6.07, 6.45) is 0.851. The molecule has 8 heteroatoms. The number of halogens is 1. The maximum Gasteiger partial charge on any atom is 0.265 e. The van der Waals surface area contributed by atoms with Crippen molar-refractivity contribution in [3.63, 3.8) is 0 Å². The van der Waals surface area contributed by atoms with Crippen molar-refractivity contribution in [2.45, 2.75) is 20.0 Å². The fourth-order valence-corrected chi connectivity index (χ4v) is 3.04. The Labute approximate surface area is 166 Å². The fraction of sp³-hybridized carbons (Fsp3) is 0.250. The number of ether oxygens (including phenoxy) is 2. The molecular weight excluding hydrogens is 382 g/mol. The van der Waals surface area contributed by atoms with Crippen LogP contribution in [-0.2, 0) is 11.4 Å². The zero-order chi connectivity index (χ0) is 19.5. The van der Waals surface area contributed by atoms with Gasteiger partial charge in [0.05, 0.1) is 5.69 Å². The minimum Gasteiger partial charge on any atom is -0.484 e. The van der Waals surface area contributed by atoms with E-state index < -0.39 is 0 Å². The Bertz CT molecular complexity index is 987. The topological polar surface area (TPSA) is 77.7 Å². The van der Waals surface area contributed by atoms with Crippen LogP contribution in [0.15, 0.2) is 47.0 Å². The normalized spacial score (nSPS) is 13.2. The van der Waals surface area contributed by atoms with Crippen molar-refractivity contribution in [2.75, 3.05) is 18.1 Å². The maximum atomic E-state index is 12.2. The van der Waals surface area contributed by atoms with E-state index in [0.29, 0.717) is 34.8 Å². The average molecular weight is 400 g/mol. The number of rotatable bonds is 6. The first kappa shape index (κ1) is 18.3. The summed E-state index contributed by atoms with van der Waals surface area (Å²) in [6, 6.07) is 12.5. The van der Waals surface area contributed by atoms with Crippen LogP contribution in [-0.4, -0.2) is 29.2 Å². The summed E-state index contributed by atoms with van der Waals surface area (Å²) < 4.78 is 16.4. The molecule has 1 aliphatic rings. The Morgan fingerprint density at radius 2 is 2.04 bits per heavy atom. The van der Waals surface area contributed by atoms with Crippen LogP contribution in [0.1, 0.15) is 19.2 Å². The van der Waals surface area contributed by atoms with Crippen LogP contribution in [0.25, 0.3) is 11.4 Å². The number of carbonyl (C=O) groups excluding carboxylic acids is 1. The predicted octanol–water partition coefficient (Wildman–Crippen LogP) is 4.10. The van der Waals surface area contributed by atoms with Crippen LogP contribution in [0.2, 0.25) is 5.02 Å². The van der Waals surface area contributed by atoms with Crippen LogP contribution in [0.5, 0.6) is 11.5 Å². The number of benzene rings is 2. The van der Waals surface area contributed by atoms with E-state index in [2.05, 4.69) is 10.1 Å². The van der Waals surface area contributed by atoms with Crippen LogP contribution in [0.4, 0.5) is 5.69 Å². The molecule has 0 saturated carbocycles. The molecule has 28 heavy (non-hydrogen) atoms. The third-order valence-corrected chi connectivity index (χ3v) is 4.50. The van der Waals surface area contributed by atoms with E-state index in [0.717, 1.165) is 17.7 Å². The SMILES string of the molecule is CCCN1C(=O)COc2ccc(-c3noc(COc4ccc(Cl)cc4)n3)cc21. The lowest BCUT2D eigenvalue weighted by atomic mass is 10.1. The van der Waals surface area contributed by atoms with Gasteiger partial charge in [-0.05, 0) is 48.9 Å². The summed E-state index contributed by atoms with van der Waals surface area (Å²) in [5.41, 5.74) is 1.46. The highest BCUT2D eigenvalue weighted by molar-refractivity contribution is 6.30. The molecular formula is C20H18ClN3O4. The number of amides is 1. The quantitative estimate of drug-likeness (QED) is 0.620. The van der Waals surface area contributed by atoms with E-state index in [-0.39, 0.29) is 19.1 Å². The van der Waals surface area contributed by atoms with E-state index in [1.165, 1.54) is 0 Å². The lowest BCUT2D eigenvalue weighted by Gasteiger charge is -2.29. The average Bonchev–Trinajstić information content (AvgIpc) is 3.18. The van der Waals surface area contributed by atoms with Gasteiger partial charge in [-0.1, -0.05) is 23.7 Å². The minimum absolute atomic E-state index is 0.0563. The molecule has 2 heterocycles. The molecule has 0 fully saturated rings. The van der Waals surface area contributed by atoms with Gasteiger partial charge in [0.2, 0.25) is 5.82 Å². The van der Waals surface area contributed by atoms with Crippen LogP contribution in [0.3, 0.4) is 0 Å². The van der Waals surface area contributed by atoms with Crippen molar-refractivity contribution in [1.29, 1.82) is 0 Å². The number of anilines is 1. The molecule has 0 spiro atoms. The second kappa shape index (κ2) is 7.90. The van der Waals surface area contributed by atoms with Gasteiger partial charge >= 0.3 is 0 Å². The zero-order valence-corrected chi connectivity index (χ0v) is 16.0. The Morgan fingerprint density at radius 1 is 1.21 bits per heavy atom. The van der Waals surface area contributed by atoms with Crippen molar-refractivity contribution in [3.8, 4) is 22.9 Å². The Hall–Kier alpha value is -3.06. The fourth-order valence-electron chi connectivity index (χ4n) is 2.92. The van der Waals surface area contributed by atoms with E-state index in [9.17, 15) is 4.79 Å². The van der Waals surface area contributed by atoms with Gasteiger partial charge in [-0.3, -0.25) is 4.79 Å². The highest BCUT2D eigenvalue weighted by Gasteiger charge is 2.25. The standard InChI is InChI=1S/C20H18ClN3O4/c1-2-9-24-16-10-13(3-8-17(16)27-12-19(24)25)20-22-18(28-23-20)11-26-15-6-4-14(21)5-7-15/h3-8,10H,2,9,11-12H2,1H3. The molecule has 0 saturated heterocycles. The van der Waals surface area contributed by atoms with Crippen LogP contribution >= 0.6 is 11.6 Å². The highest BCUT2D eigenvalue weighted by atomic mass is 35.5. The number of nitrogens with zero attached hydrogens (tertiary/aromatic N) is 3. The lowest BCUT2D eigenvalue weighted by Crippen LogP contribution is -2.39. The molecule has 144 valence electrons. The van der Waals surface area contributed by atoms with Gasteiger partial charge in [-0.2, -0.15) is 4.98 Å². The van der Waals surface area contributed by atoms with Gasteiger partial charge in [0, 0.05) is 17.1 Å². The molecule has 0 bridgehead atoms. The van der Waals surface area contributed by atoms with Gasteiger partial charge in [0.15, 0.2) is 13.2 Å². The van der Waals surface area contributed by atoms with Crippen molar-refractivity contribution < 1.29 is 18.8 Å². The maximum absolute atomic E-state index is 12.2. The molecule has 3 aromatic rings. The number of hydrogen-bond donors (Lipinski definition) is 0. The molecule has 1 amide bonds. The second-order valence-corrected chi connectivity index (χ2v) is 6.71. The summed E-state index contributed by atoms with van der Waals surface area (Å²) in [5.74, 6) is 2.04. The summed E-state index contributed by atoms with van der Waals surface area (Å²) >= 11 is 5.86. The van der Waals surface area contributed by atoms with Crippen LogP contribution in [0, 0.1) is 0 Å². The molecule has 0 N–H and O–H groups in total. The number of fused-ring (bicyclic) bond motifs is 1. The lowest BCUT2D eigenvalue weighted by molar-refractivity contribution is -0.121. The van der Waals surface area contributed by atoms with Gasteiger partial charge in [0.25, 0.3) is 11.8 Å².